The third-order valence-corrected chi connectivity index (χ3v) is 3.68. The molecule has 1 aromatic carbocycles. The van der Waals surface area contributed by atoms with Gasteiger partial charge in [0.05, 0.1) is 19.3 Å². The van der Waals surface area contributed by atoms with Gasteiger partial charge in [0.15, 0.2) is 0 Å². The SMILES string of the molecule is OC(CNCC1CCOCC1)COCc1ccccc1F. The highest BCUT2D eigenvalue weighted by atomic mass is 19.1. The molecule has 1 aromatic rings. The summed E-state index contributed by atoms with van der Waals surface area (Å²) in [7, 11) is 0. The third-order valence-electron chi connectivity index (χ3n) is 3.68. The number of hydrogen-bond donors (Lipinski definition) is 2. The molecule has 0 bridgehead atoms. The van der Waals surface area contributed by atoms with Gasteiger partial charge in [-0.15, -0.1) is 0 Å². The molecule has 5 heteroatoms. The summed E-state index contributed by atoms with van der Waals surface area (Å²) in [6.45, 7) is 3.45. The quantitative estimate of drug-likeness (QED) is 0.767. The molecule has 1 aliphatic rings. The van der Waals surface area contributed by atoms with Crippen LogP contribution < -0.4 is 5.32 Å². The number of nitrogens with one attached hydrogen (secondary N) is 1. The molecule has 0 amide bonds. The Balaban J connectivity index is 1.55. The van der Waals surface area contributed by atoms with Crippen LogP contribution in [-0.2, 0) is 16.1 Å². The maximum absolute atomic E-state index is 13.4. The van der Waals surface area contributed by atoms with E-state index in [4.69, 9.17) is 9.47 Å². The van der Waals surface area contributed by atoms with Gasteiger partial charge in [-0.3, -0.25) is 0 Å². The Morgan fingerprint density at radius 3 is 2.86 bits per heavy atom. The predicted octanol–water partition coefficient (Wildman–Crippen LogP) is 1.72. The van der Waals surface area contributed by atoms with Crippen molar-refractivity contribution in [3.63, 3.8) is 0 Å². The summed E-state index contributed by atoms with van der Waals surface area (Å²) in [5.74, 6) is 0.356. The Kier molecular flexibility index (Phi) is 7.09. The Morgan fingerprint density at radius 2 is 2.10 bits per heavy atom. The molecule has 0 saturated carbocycles. The van der Waals surface area contributed by atoms with Gasteiger partial charge in [0, 0.05) is 25.3 Å². The summed E-state index contributed by atoms with van der Waals surface area (Å²) in [6, 6.07) is 6.51. The van der Waals surface area contributed by atoms with E-state index in [1.54, 1.807) is 18.2 Å². The minimum atomic E-state index is -0.573. The van der Waals surface area contributed by atoms with Crippen molar-refractivity contribution in [3.8, 4) is 0 Å². The average Bonchev–Trinajstić information content (AvgIpc) is 2.50. The zero-order valence-corrected chi connectivity index (χ0v) is 12.3. The van der Waals surface area contributed by atoms with Crippen molar-refractivity contribution in [3.05, 3.63) is 35.6 Å². The van der Waals surface area contributed by atoms with Crippen LogP contribution in [0, 0.1) is 11.7 Å². The van der Waals surface area contributed by atoms with Gasteiger partial charge in [-0.1, -0.05) is 18.2 Å². The molecular formula is C16H24FNO3. The normalized spacial score (nSPS) is 17.8. The van der Waals surface area contributed by atoms with Crippen molar-refractivity contribution in [1.82, 2.24) is 5.32 Å². The van der Waals surface area contributed by atoms with E-state index in [0.717, 1.165) is 32.6 Å². The summed E-state index contributed by atoms with van der Waals surface area (Å²) < 4.78 is 24.0. The topological polar surface area (TPSA) is 50.7 Å². The number of hydrogen-bond acceptors (Lipinski definition) is 4. The summed E-state index contributed by atoms with van der Waals surface area (Å²) in [5.41, 5.74) is 0.514. The number of aliphatic hydroxyl groups excluding tert-OH is 1. The van der Waals surface area contributed by atoms with Crippen LogP contribution in [0.25, 0.3) is 0 Å². The lowest BCUT2D eigenvalue weighted by molar-refractivity contribution is 0.0257. The molecule has 0 aromatic heterocycles. The van der Waals surface area contributed by atoms with Crippen LogP contribution in [0.5, 0.6) is 0 Å². The van der Waals surface area contributed by atoms with Crippen molar-refractivity contribution in [2.45, 2.75) is 25.6 Å². The van der Waals surface area contributed by atoms with Crippen molar-refractivity contribution >= 4 is 0 Å². The summed E-state index contributed by atoms with van der Waals surface area (Å²) in [4.78, 5) is 0. The number of halogens is 1. The van der Waals surface area contributed by atoms with E-state index in [1.807, 2.05) is 0 Å². The molecule has 1 fully saturated rings. The minimum absolute atomic E-state index is 0.184. The highest BCUT2D eigenvalue weighted by molar-refractivity contribution is 5.16. The lowest BCUT2D eigenvalue weighted by atomic mass is 10.0. The minimum Gasteiger partial charge on any atom is -0.389 e. The fourth-order valence-corrected chi connectivity index (χ4v) is 2.38. The molecule has 1 atom stereocenters. The fourth-order valence-electron chi connectivity index (χ4n) is 2.38. The first-order chi connectivity index (χ1) is 10.3. The van der Waals surface area contributed by atoms with Crippen LogP contribution in [0.1, 0.15) is 18.4 Å². The van der Waals surface area contributed by atoms with E-state index in [9.17, 15) is 9.50 Å². The molecule has 118 valence electrons. The molecule has 1 saturated heterocycles. The first kappa shape index (κ1) is 16.4. The molecule has 0 radical (unpaired) electrons. The van der Waals surface area contributed by atoms with Crippen molar-refractivity contribution in [1.29, 1.82) is 0 Å². The van der Waals surface area contributed by atoms with Gasteiger partial charge < -0.3 is 19.9 Å². The van der Waals surface area contributed by atoms with E-state index < -0.39 is 6.10 Å². The molecule has 2 rings (SSSR count). The lowest BCUT2D eigenvalue weighted by Crippen LogP contribution is -2.35. The standard InChI is InChI=1S/C16H24FNO3/c17-16-4-2-1-3-14(16)11-21-12-15(19)10-18-9-13-5-7-20-8-6-13/h1-4,13,15,18-19H,5-12H2. The summed E-state index contributed by atoms with van der Waals surface area (Å²) in [5, 5.41) is 13.1. The number of aliphatic hydroxyl groups is 1. The van der Waals surface area contributed by atoms with Crippen LogP contribution in [0.4, 0.5) is 4.39 Å². The third kappa shape index (κ3) is 6.09. The highest BCUT2D eigenvalue weighted by Crippen LogP contribution is 2.13. The second kappa shape index (κ2) is 9.10. The van der Waals surface area contributed by atoms with Crippen LogP contribution in [-0.4, -0.2) is 44.1 Å². The predicted molar refractivity (Wildman–Crippen MR) is 78.5 cm³/mol. The molecule has 1 unspecified atom stereocenters. The number of rotatable bonds is 8. The van der Waals surface area contributed by atoms with Gasteiger partial charge >= 0.3 is 0 Å². The Bertz CT molecular complexity index is 410. The largest absolute Gasteiger partial charge is 0.389 e. The molecule has 0 aliphatic carbocycles. The van der Waals surface area contributed by atoms with Crippen LogP contribution in [0.3, 0.4) is 0 Å². The Hall–Kier alpha value is -1.01. The van der Waals surface area contributed by atoms with Crippen molar-refractivity contribution in [2.24, 2.45) is 5.92 Å². The zero-order chi connectivity index (χ0) is 14.9. The monoisotopic (exact) mass is 297 g/mol. The maximum Gasteiger partial charge on any atom is 0.128 e. The van der Waals surface area contributed by atoms with Gasteiger partial charge in [-0.25, -0.2) is 4.39 Å². The molecular weight excluding hydrogens is 273 g/mol. The zero-order valence-electron chi connectivity index (χ0n) is 12.3. The van der Waals surface area contributed by atoms with Gasteiger partial charge in [0.2, 0.25) is 0 Å². The molecule has 0 spiro atoms. The first-order valence-electron chi connectivity index (χ1n) is 7.53. The first-order valence-corrected chi connectivity index (χ1v) is 7.53. The average molecular weight is 297 g/mol. The highest BCUT2D eigenvalue weighted by Gasteiger charge is 2.14. The molecule has 1 aliphatic heterocycles. The Morgan fingerprint density at radius 1 is 1.33 bits per heavy atom. The maximum atomic E-state index is 13.4. The van der Waals surface area contributed by atoms with Crippen LogP contribution in [0.15, 0.2) is 24.3 Å². The van der Waals surface area contributed by atoms with Crippen LogP contribution in [0.2, 0.25) is 0 Å². The fraction of sp³-hybridized carbons (Fsp3) is 0.625. The number of benzene rings is 1. The van der Waals surface area contributed by atoms with Crippen molar-refractivity contribution < 1.29 is 19.0 Å². The van der Waals surface area contributed by atoms with E-state index in [-0.39, 0.29) is 19.0 Å². The van der Waals surface area contributed by atoms with E-state index in [2.05, 4.69) is 5.32 Å². The second-order valence-electron chi connectivity index (χ2n) is 5.47. The van der Waals surface area contributed by atoms with E-state index >= 15 is 0 Å². The molecule has 4 nitrogen and oxygen atoms in total. The molecule has 2 N–H and O–H groups in total. The van der Waals surface area contributed by atoms with Crippen molar-refractivity contribution in [2.75, 3.05) is 32.9 Å². The Labute approximate surface area is 125 Å². The van der Waals surface area contributed by atoms with Gasteiger partial charge in [0.1, 0.15) is 5.82 Å². The summed E-state index contributed by atoms with van der Waals surface area (Å²) >= 11 is 0. The lowest BCUT2D eigenvalue weighted by Gasteiger charge is -2.23. The van der Waals surface area contributed by atoms with Gasteiger partial charge in [-0.2, -0.15) is 0 Å². The summed E-state index contributed by atoms with van der Waals surface area (Å²) in [6.07, 6.45) is 1.58. The second-order valence-corrected chi connectivity index (χ2v) is 5.47. The molecule has 1 heterocycles. The number of ether oxygens (including phenoxy) is 2. The van der Waals surface area contributed by atoms with Gasteiger partial charge in [0.25, 0.3) is 0 Å². The van der Waals surface area contributed by atoms with Gasteiger partial charge in [-0.05, 0) is 31.4 Å². The van der Waals surface area contributed by atoms with Crippen LogP contribution >= 0.6 is 0 Å². The smallest absolute Gasteiger partial charge is 0.128 e. The van der Waals surface area contributed by atoms with E-state index in [1.165, 1.54) is 6.07 Å². The molecule has 21 heavy (non-hydrogen) atoms. The van der Waals surface area contributed by atoms with E-state index in [0.29, 0.717) is 18.0 Å².